The molecule has 26 heavy (non-hydrogen) atoms. The Morgan fingerprint density at radius 3 is 1.58 bits per heavy atom. The van der Waals surface area contributed by atoms with Gasteiger partial charge in [-0.2, -0.15) is 10.2 Å². The van der Waals surface area contributed by atoms with Crippen molar-refractivity contribution in [2.24, 2.45) is 10.2 Å². The Bertz CT molecular complexity index is 863. The van der Waals surface area contributed by atoms with Gasteiger partial charge in [-0.3, -0.25) is 0 Å². The summed E-state index contributed by atoms with van der Waals surface area (Å²) in [4.78, 5) is 0. The molecule has 0 saturated carbocycles. The second-order valence-corrected chi connectivity index (χ2v) is 6.37. The largest absolute Gasteiger partial charge is 0.485 e. The van der Waals surface area contributed by atoms with E-state index in [0.29, 0.717) is 0 Å². The van der Waals surface area contributed by atoms with E-state index in [1.165, 1.54) is 0 Å². The van der Waals surface area contributed by atoms with E-state index in [1.807, 2.05) is 62.4 Å². The number of ether oxygens (including phenoxy) is 2. The summed E-state index contributed by atoms with van der Waals surface area (Å²) in [6.45, 7) is 4.02. The molecule has 0 aromatic heterocycles. The lowest BCUT2D eigenvalue weighted by Crippen LogP contribution is -2.20. The van der Waals surface area contributed by atoms with Crippen LogP contribution in [0, 0.1) is 0 Å². The van der Waals surface area contributed by atoms with E-state index in [0.717, 1.165) is 33.8 Å². The highest BCUT2D eigenvalue weighted by Crippen LogP contribution is 2.29. The predicted octanol–water partition coefficient (Wildman–Crippen LogP) is 4.77. The number of benzene rings is 2. The lowest BCUT2D eigenvalue weighted by atomic mass is 10.0. The van der Waals surface area contributed by atoms with Crippen molar-refractivity contribution in [1.29, 1.82) is 0 Å². The first kappa shape index (κ1) is 16.3. The summed E-state index contributed by atoms with van der Waals surface area (Å²) in [6.07, 6.45) is 7.58. The molecule has 4 nitrogen and oxygen atoms in total. The molecule has 4 heteroatoms. The fourth-order valence-corrected chi connectivity index (χ4v) is 3.01. The summed E-state index contributed by atoms with van der Waals surface area (Å²) in [7, 11) is 0. The molecule has 0 N–H and O–H groups in total. The summed E-state index contributed by atoms with van der Waals surface area (Å²) < 4.78 is 11.8. The molecular formula is C22H20N2O2. The fourth-order valence-electron chi connectivity index (χ4n) is 3.01. The Kier molecular flexibility index (Phi) is 4.40. The van der Waals surface area contributed by atoms with Gasteiger partial charge in [-0.05, 0) is 38.1 Å². The minimum atomic E-state index is -0.0492. The Labute approximate surface area is 153 Å². The summed E-state index contributed by atoms with van der Waals surface area (Å²) in [5.41, 5.74) is 4.11. The van der Waals surface area contributed by atoms with Crippen molar-refractivity contribution in [3.63, 3.8) is 0 Å². The van der Waals surface area contributed by atoms with Crippen LogP contribution in [0.3, 0.4) is 0 Å². The molecular weight excluding hydrogens is 324 g/mol. The molecule has 0 fully saturated rings. The Morgan fingerprint density at radius 1 is 0.692 bits per heavy atom. The molecule has 2 heterocycles. The molecule has 4 rings (SSSR count). The molecule has 2 aliphatic heterocycles. The van der Waals surface area contributed by atoms with E-state index in [-0.39, 0.29) is 12.2 Å². The Morgan fingerprint density at radius 2 is 1.12 bits per heavy atom. The van der Waals surface area contributed by atoms with Gasteiger partial charge in [0.2, 0.25) is 0 Å². The molecule has 2 atom stereocenters. The quantitative estimate of drug-likeness (QED) is 0.594. The second-order valence-electron chi connectivity index (χ2n) is 6.37. The maximum absolute atomic E-state index is 5.90. The van der Waals surface area contributed by atoms with Crippen molar-refractivity contribution in [2.75, 3.05) is 0 Å². The molecule has 0 radical (unpaired) electrons. The van der Waals surface area contributed by atoms with Crippen molar-refractivity contribution < 1.29 is 9.47 Å². The van der Waals surface area contributed by atoms with Gasteiger partial charge < -0.3 is 9.47 Å². The average molecular weight is 344 g/mol. The first-order valence-corrected chi connectivity index (χ1v) is 8.71. The zero-order valence-electron chi connectivity index (χ0n) is 14.8. The number of nitrogens with zero attached hydrogens (tertiary/aromatic N) is 2. The van der Waals surface area contributed by atoms with Gasteiger partial charge in [-0.15, -0.1) is 0 Å². The highest BCUT2D eigenvalue weighted by Gasteiger charge is 2.18. The van der Waals surface area contributed by atoms with Gasteiger partial charge in [0.1, 0.15) is 23.7 Å². The fraction of sp³-hybridized carbons (Fsp3) is 0.182. The van der Waals surface area contributed by atoms with Crippen LogP contribution in [0.4, 0.5) is 0 Å². The van der Waals surface area contributed by atoms with E-state index >= 15 is 0 Å². The van der Waals surface area contributed by atoms with Crippen molar-refractivity contribution in [3.8, 4) is 11.5 Å². The molecule has 2 aliphatic rings. The normalized spacial score (nSPS) is 21.5. The Hall–Kier alpha value is -3.14. The number of hydrogen-bond acceptors (Lipinski definition) is 4. The van der Waals surface area contributed by atoms with Gasteiger partial charge in [0.15, 0.2) is 0 Å². The molecule has 0 unspecified atom stereocenters. The SMILES string of the molecule is C[C@H]1Oc2ccccc2C=C1/C=N\N=C/C1=Cc2ccccc2O[C@@H]1C. The third kappa shape index (κ3) is 3.31. The van der Waals surface area contributed by atoms with Crippen LogP contribution in [-0.2, 0) is 0 Å². The van der Waals surface area contributed by atoms with E-state index in [9.17, 15) is 0 Å². The van der Waals surface area contributed by atoms with Crippen LogP contribution in [-0.4, -0.2) is 24.6 Å². The van der Waals surface area contributed by atoms with Gasteiger partial charge in [0.25, 0.3) is 0 Å². The van der Waals surface area contributed by atoms with E-state index < -0.39 is 0 Å². The van der Waals surface area contributed by atoms with Gasteiger partial charge >= 0.3 is 0 Å². The maximum atomic E-state index is 5.90. The molecule has 0 spiro atoms. The molecule has 130 valence electrons. The predicted molar refractivity (Wildman–Crippen MR) is 106 cm³/mol. The molecule has 0 aliphatic carbocycles. The molecule has 0 saturated heterocycles. The van der Waals surface area contributed by atoms with Crippen molar-refractivity contribution in [1.82, 2.24) is 0 Å². The molecule has 2 aromatic rings. The number of para-hydroxylation sites is 2. The average Bonchev–Trinajstić information content (AvgIpc) is 2.65. The van der Waals surface area contributed by atoms with Gasteiger partial charge in [-0.25, -0.2) is 0 Å². The minimum Gasteiger partial charge on any atom is -0.485 e. The third-order valence-corrected chi connectivity index (χ3v) is 4.51. The first-order valence-electron chi connectivity index (χ1n) is 8.71. The van der Waals surface area contributed by atoms with Gasteiger partial charge in [0, 0.05) is 22.3 Å². The summed E-state index contributed by atoms with van der Waals surface area (Å²) >= 11 is 0. The standard InChI is InChI=1S/C22H20N2O2/c1-15-19(11-17-7-3-5-9-21(17)25-15)13-23-24-14-20-12-18-8-4-6-10-22(18)26-16(20)2/h3-16H,1-2H3/b23-13-,24-14-/t15-,16-/m1/s1. The van der Waals surface area contributed by atoms with Crippen LogP contribution < -0.4 is 9.47 Å². The van der Waals surface area contributed by atoms with Crippen LogP contribution in [0.2, 0.25) is 0 Å². The van der Waals surface area contributed by atoms with Crippen molar-refractivity contribution in [2.45, 2.75) is 26.1 Å². The topological polar surface area (TPSA) is 43.2 Å². The molecule has 2 aromatic carbocycles. The van der Waals surface area contributed by atoms with Crippen LogP contribution in [0.1, 0.15) is 25.0 Å². The summed E-state index contributed by atoms with van der Waals surface area (Å²) in [5.74, 6) is 1.80. The highest BCUT2D eigenvalue weighted by molar-refractivity contribution is 5.91. The van der Waals surface area contributed by atoms with E-state index in [2.05, 4.69) is 22.4 Å². The van der Waals surface area contributed by atoms with Gasteiger partial charge in [-0.1, -0.05) is 36.4 Å². The van der Waals surface area contributed by atoms with Gasteiger partial charge in [0.05, 0.1) is 12.4 Å². The van der Waals surface area contributed by atoms with E-state index in [1.54, 1.807) is 12.4 Å². The van der Waals surface area contributed by atoms with Crippen LogP contribution in [0.5, 0.6) is 11.5 Å². The minimum absolute atomic E-state index is 0.0492. The molecule has 0 bridgehead atoms. The highest BCUT2D eigenvalue weighted by atomic mass is 16.5. The van der Waals surface area contributed by atoms with Crippen LogP contribution >= 0.6 is 0 Å². The number of fused-ring (bicyclic) bond motifs is 2. The number of hydrogen-bond donors (Lipinski definition) is 0. The summed E-state index contributed by atoms with van der Waals surface area (Å²) in [5, 5.41) is 8.41. The second kappa shape index (κ2) is 7.00. The lowest BCUT2D eigenvalue weighted by Gasteiger charge is -2.22. The summed E-state index contributed by atoms with van der Waals surface area (Å²) in [6, 6.07) is 16.0. The third-order valence-electron chi connectivity index (χ3n) is 4.51. The van der Waals surface area contributed by atoms with E-state index in [4.69, 9.17) is 9.47 Å². The Balaban J connectivity index is 1.50. The van der Waals surface area contributed by atoms with Crippen molar-refractivity contribution >= 4 is 24.6 Å². The van der Waals surface area contributed by atoms with Crippen molar-refractivity contribution in [3.05, 3.63) is 70.8 Å². The van der Waals surface area contributed by atoms with Crippen LogP contribution in [0.25, 0.3) is 12.2 Å². The zero-order valence-corrected chi connectivity index (χ0v) is 14.8. The van der Waals surface area contributed by atoms with Crippen LogP contribution in [0.15, 0.2) is 69.9 Å². The first-order chi connectivity index (χ1) is 12.7. The lowest BCUT2D eigenvalue weighted by molar-refractivity contribution is 0.260. The molecule has 0 amide bonds. The maximum Gasteiger partial charge on any atom is 0.127 e. The zero-order chi connectivity index (χ0) is 17.9. The number of rotatable bonds is 3. The monoisotopic (exact) mass is 344 g/mol. The smallest absolute Gasteiger partial charge is 0.127 e.